The highest BCUT2D eigenvalue weighted by atomic mass is 79.9. The lowest BCUT2D eigenvalue weighted by atomic mass is 10.1. The first-order valence-electron chi connectivity index (χ1n) is 6.18. The summed E-state index contributed by atoms with van der Waals surface area (Å²) in [4.78, 5) is 0. The van der Waals surface area contributed by atoms with Crippen LogP contribution in [-0.4, -0.2) is 11.1 Å². The molecular weight excluding hydrogens is 370 g/mol. The molecule has 0 saturated heterocycles. The summed E-state index contributed by atoms with van der Waals surface area (Å²) in [5.41, 5.74) is 1.56. The molecule has 0 unspecified atom stereocenters. The number of anilines is 1. The molecule has 3 nitrogen and oxygen atoms in total. The van der Waals surface area contributed by atoms with E-state index in [1.165, 1.54) is 0 Å². The van der Waals surface area contributed by atoms with E-state index in [1.807, 2.05) is 32.9 Å². The maximum atomic E-state index is 4.39. The van der Waals surface area contributed by atoms with Crippen LogP contribution in [0.15, 0.2) is 31.3 Å². The van der Waals surface area contributed by atoms with Gasteiger partial charge in [-0.15, -0.1) is 0 Å². The molecule has 0 aliphatic carbocycles. The highest BCUT2D eigenvalue weighted by Gasteiger charge is 2.16. The van der Waals surface area contributed by atoms with Crippen molar-refractivity contribution in [3.05, 3.63) is 21.1 Å². The molecule has 0 amide bonds. The van der Waals surface area contributed by atoms with E-state index in [0.29, 0.717) is 0 Å². The molecular formula is C14H21Br2N3. The smallest absolute Gasteiger partial charge is 0.111 e. The molecule has 0 atom stereocenters. The van der Waals surface area contributed by atoms with Gasteiger partial charge in [-0.25, -0.2) is 0 Å². The number of nitrogens with zero attached hydrogens (tertiary/aromatic N) is 2. The summed E-state index contributed by atoms with van der Waals surface area (Å²) >= 11 is 7.06. The Labute approximate surface area is 132 Å². The van der Waals surface area contributed by atoms with Crippen LogP contribution in [0.2, 0.25) is 0 Å². The van der Waals surface area contributed by atoms with Crippen molar-refractivity contribution in [2.45, 2.75) is 52.6 Å². The summed E-state index contributed by atoms with van der Waals surface area (Å²) in [7, 11) is 0. The molecule has 0 bridgehead atoms. The molecule has 0 aliphatic heterocycles. The Morgan fingerprint density at radius 2 is 1.58 bits per heavy atom. The SMILES string of the molecule is CC(C)(C)N=Nc1cc(Br)cc(Br)c1NC(C)(C)C. The third-order valence-electron chi connectivity index (χ3n) is 1.99. The van der Waals surface area contributed by atoms with E-state index in [9.17, 15) is 0 Å². The van der Waals surface area contributed by atoms with Crippen LogP contribution >= 0.6 is 31.9 Å². The van der Waals surface area contributed by atoms with Crippen LogP contribution in [0.4, 0.5) is 11.4 Å². The quantitative estimate of drug-likeness (QED) is 0.590. The number of hydrogen-bond acceptors (Lipinski definition) is 3. The number of hydrogen-bond donors (Lipinski definition) is 1. The summed E-state index contributed by atoms with van der Waals surface area (Å²) in [6.07, 6.45) is 0. The summed E-state index contributed by atoms with van der Waals surface area (Å²) in [6.45, 7) is 12.4. The van der Waals surface area contributed by atoms with Gasteiger partial charge in [0.2, 0.25) is 0 Å². The van der Waals surface area contributed by atoms with E-state index in [4.69, 9.17) is 0 Å². The fourth-order valence-electron chi connectivity index (χ4n) is 1.34. The molecule has 1 aromatic rings. The topological polar surface area (TPSA) is 36.8 Å². The van der Waals surface area contributed by atoms with Gasteiger partial charge in [0.25, 0.3) is 0 Å². The van der Waals surface area contributed by atoms with Crippen molar-refractivity contribution >= 4 is 43.2 Å². The van der Waals surface area contributed by atoms with Gasteiger partial charge in [0.05, 0.1) is 11.2 Å². The molecule has 1 rings (SSSR count). The van der Waals surface area contributed by atoms with Crippen LogP contribution in [0.3, 0.4) is 0 Å². The van der Waals surface area contributed by atoms with E-state index in [2.05, 4.69) is 68.2 Å². The molecule has 5 heteroatoms. The van der Waals surface area contributed by atoms with Gasteiger partial charge in [-0.3, -0.25) is 0 Å². The van der Waals surface area contributed by atoms with Crippen LogP contribution in [0.5, 0.6) is 0 Å². The first-order chi connectivity index (χ1) is 8.48. The minimum Gasteiger partial charge on any atom is -0.378 e. The van der Waals surface area contributed by atoms with Crippen LogP contribution in [0, 0.1) is 0 Å². The van der Waals surface area contributed by atoms with E-state index in [1.54, 1.807) is 0 Å². The summed E-state index contributed by atoms with van der Waals surface area (Å²) < 4.78 is 1.95. The predicted molar refractivity (Wildman–Crippen MR) is 89.5 cm³/mol. The molecule has 0 aromatic heterocycles. The van der Waals surface area contributed by atoms with Crippen LogP contribution in [0.1, 0.15) is 41.5 Å². The highest BCUT2D eigenvalue weighted by Crippen LogP contribution is 2.38. The number of rotatable bonds is 2. The van der Waals surface area contributed by atoms with Crippen molar-refractivity contribution in [1.82, 2.24) is 0 Å². The standard InChI is InChI=1S/C14H21Br2N3/c1-13(2,3)17-12-10(16)7-9(15)8-11(12)18-19-14(4,5)6/h7-8,17H,1-6H3. The molecule has 0 spiro atoms. The second kappa shape index (κ2) is 5.92. The molecule has 1 N–H and O–H groups in total. The minimum atomic E-state index is -0.187. The van der Waals surface area contributed by atoms with E-state index in [0.717, 1.165) is 20.3 Å². The van der Waals surface area contributed by atoms with Crippen LogP contribution < -0.4 is 5.32 Å². The maximum Gasteiger partial charge on any atom is 0.111 e. The summed E-state index contributed by atoms with van der Waals surface area (Å²) in [5.74, 6) is 0. The average Bonchev–Trinajstić information content (AvgIpc) is 2.16. The molecule has 0 radical (unpaired) electrons. The van der Waals surface area contributed by atoms with Gasteiger partial charge in [-0.2, -0.15) is 10.2 Å². The third kappa shape index (κ3) is 6.04. The zero-order valence-electron chi connectivity index (χ0n) is 12.3. The Morgan fingerprint density at radius 3 is 2.05 bits per heavy atom. The average molecular weight is 391 g/mol. The third-order valence-corrected chi connectivity index (χ3v) is 3.08. The van der Waals surface area contributed by atoms with Crippen molar-refractivity contribution in [2.24, 2.45) is 10.2 Å². The van der Waals surface area contributed by atoms with E-state index < -0.39 is 0 Å². The largest absolute Gasteiger partial charge is 0.378 e. The Balaban J connectivity index is 3.25. The van der Waals surface area contributed by atoms with Crippen molar-refractivity contribution in [3.63, 3.8) is 0 Å². The van der Waals surface area contributed by atoms with Gasteiger partial charge < -0.3 is 5.32 Å². The normalized spacial score (nSPS) is 13.1. The summed E-state index contributed by atoms with van der Waals surface area (Å²) in [5, 5.41) is 12.2. The van der Waals surface area contributed by atoms with E-state index >= 15 is 0 Å². The maximum absolute atomic E-state index is 4.39. The van der Waals surface area contributed by atoms with Crippen molar-refractivity contribution < 1.29 is 0 Å². The zero-order chi connectivity index (χ0) is 14.8. The second-order valence-corrected chi connectivity index (χ2v) is 8.30. The number of nitrogens with one attached hydrogen (secondary N) is 1. The van der Waals surface area contributed by atoms with Crippen molar-refractivity contribution in [1.29, 1.82) is 0 Å². The van der Waals surface area contributed by atoms with Crippen molar-refractivity contribution in [2.75, 3.05) is 5.32 Å². The molecule has 19 heavy (non-hydrogen) atoms. The molecule has 106 valence electrons. The first-order valence-corrected chi connectivity index (χ1v) is 7.77. The van der Waals surface area contributed by atoms with Gasteiger partial charge in [-0.05, 0) is 69.6 Å². The molecule has 0 heterocycles. The Morgan fingerprint density at radius 1 is 1.00 bits per heavy atom. The Hall–Kier alpha value is -0.420. The van der Waals surface area contributed by atoms with Gasteiger partial charge in [0.15, 0.2) is 0 Å². The van der Waals surface area contributed by atoms with Crippen molar-refractivity contribution in [3.8, 4) is 0 Å². The van der Waals surface area contributed by atoms with Gasteiger partial charge >= 0.3 is 0 Å². The Kier molecular flexibility index (Phi) is 5.18. The van der Waals surface area contributed by atoms with E-state index in [-0.39, 0.29) is 11.1 Å². The number of azo groups is 1. The molecule has 1 aromatic carbocycles. The van der Waals surface area contributed by atoms with Gasteiger partial charge in [0, 0.05) is 14.5 Å². The van der Waals surface area contributed by atoms with Crippen LogP contribution in [-0.2, 0) is 0 Å². The molecule has 0 fully saturated rings. The fourth-order valence-corrected chi connectivity index (χ4v) is 2.64. The second-order valence-electron chi connectivity index (χ2n) is 6.53. The Bertz CT molecular complexity index is 483. The lowest BCUT2D eigenvalue weighted by Gasteiger charge is -2.24. The summed E-state index contributed by atoms with van der Waals surface area (Å²) in [6, 6.07) is 3.97. The predicted octanol–water partition coefficient (Wildman–Crippen LogP) is 6.30. The lowest BCUT2D eigenvalue weighted by molar-refractivity contribution is 0.552. The first kappa shape index (κ1) is 16.6. The molecule has 0 saturated carbocycles. The van der Waals surface area contributed by atoms with Gasteiger partial charge in [0.1, 0.15) is 5.69 Å². The number of halogens is 2. The number of benzene rings is 1. The molecule has 0 aliphatic rings. The van der Waals surface area contributed by atoms with Crippen LogP contribution in [0.25, 0.3) is 0 Å². The monoisotopic (exact) mass is 389 g/mol. The zero-order valence-corrected chi connectivity index (χ0v) is 15.5. The highest BCUT2D eigenvalue weighted by molar-refractivity contribution is 9.11. The van der Waals surface area contributed by atoms with Gasteiger partial charge in [-0.1, -0.05) is 15.9 Å². The minimum absolute atomic E-state index is 0.0393. The lowest BCUT2D eigenvalue weighted by Crippen LogP contribution is -2.26. The fraction of sp³-hybridized carbons (Fsp3) is 0.571.